The molecule has 0 spiro atoms. The van der Waals surface area contributed by atoms with Crippen molar-refractivity contribution in [1.82, 2.24) is 4.90 Å². The van der Waals surface area contributed by atoms with Crippen molar-refractivity contribution in [1.29, 1.82) is 0 Å². The molecule has 0 saturated carbocycles. The molecule has 4 heteroatoms. The van der Waals surface area contributed by atoms with Crippen LogP contribution in [-0.2, 0) is 0 Å². The zero-order chi connectivity index (χ0) is 13.6. The Hall–Kier alpha value is -1.13. The predicted molar refractivity (Wildman–Crippen MR) is 83.1 cm³/mol. The largest absolute Gasteiger partial charge is 0.472 e. The van der Waals surface area contributed by atoms with Crippen LogP contribution in [0.5, 0.6) is 0 Å². The molecule has 0 heterocycles. The van der Waals surface area contributed by atoms with E-state index in [0.717, 1.165) is 24.5 Å². The standard InChI is InChI=1S/C14H24N3Si/c1-17(2)12-11-15-14(16-18(3,4)5)13-9-7-6-8-10-13/h6-10H,11-12H2,1-5H3/q-1. The fourth-order valence-corrected chi connectivity index (χ4v) is 2.29. The number of amidine groups is 1. The normalized spacial score (nSPS) is 12.9. The Labute approximate surface area is 112 Å². The van der Waals surface area contributed by atoms with Crippen molar-refractivity contribution in [2.24, 2.45) is 4.66 Å². The molecule has 0 atom stereocenters. The van der Waals surface area contributed by atoms with Crippen LogP contribution >= 0.6 is 0 Å². The molecule has 100 valence electrons. The molecule has 1 rings (SSSR count). The molecule has 0 bridgehead atoms. The summed E-state index contributed by atoms with van der Waals surface area (Å²) in [7, 11) is 2.63. The lowest BCUT2D eigenvalue weighted by Gasteiger charge is -2.27. The molecule has 1 aromatic rings. The van der Waals surface area contributed by atoms with Crippen LogP contribution in [0.25, 0.3) is 5.32 Å². The van der Waals surface area contributed by atoms with E-state index < -0.39 is 8.24 Å². The number of nitrogens with zero attached hydrogens (tertiary/aromatic N) is 3. The van der Waals surface area contributed by atoms with E-state index in [1.807, 2.05) is 18.2 Å². The molecular formula is C14H24N3Si-. The Morgan fingerprint density at radius 1 is 1.17 bits per heavy atom. The average Bonchev–Trinajstić information content (AvgIpc) is 2.27. The van der Waals surface area contributed by atoms with E-state index in [1.54, 1.807) is 0 Å². The summed E-state index contributed by atoms with van der Waals surface area (Å²) in [6, 6.07) is 10.3. The molecule has 18 heavy (non-hydrogen) atoms. The summed E-state index contributed by atoms with van der Waals surface area (Å²) in [4.78, 5) is 2.14. The minimum Gasteiger partial charge on any atom is -0.472 e. The summed E-state index contributed by atoms with van der Waals surface area (Å²) < 4.78 is 4.85. The first-order valence-corrected chi connectivity index (χ1v) is 9.81. The zero-order valence-corrected chi connectivity index (χ0v) is 13.1. The minimum absolute atomic E-state index is 0.797. The summed E-state index contributed by atoms with van der Waals surface area (Å²) in [5, 5.41) is 4.66. The van der Waals surface area contributed by atoms with Crippen LogP contribution in [0.1, 0.15) is 5.56 Å². The molecule has 3 nitrogen and oxygen atoms in total. The fourth-order valence-electron chi connectivity index (χ4n) is 1.45. The number of likely N-dealkylation sites (N-methyl/N-ethyl adjacent to an activating group) is 1. The molecular weight excluding hydrogens is 238 g/mol. The number of rotatable bonds is 5. The van der Waals surface area contributed by atoms with Crippen molar-refractivity contribution < 1.29 is 0 Å². The maximum atomic E-state index is 4.85. The summed E-state index contributed by atoms with van der Waals surface area (Å²) >= 11 is 0. The number of benzene rings is 1. The van der Waals surface area contributed by atoms with Crippen LogP contribution in [0.4, 0.5) is 0 Å². The van der Waals surface area contributed by atoms with Gasteiger partial charge in [-0.3, -0.25) is 0 Å². The van der Waals surface area contributed by atoms with Crippen LogP contribution in [-0.4, -0.2) is 46.2 Å². The van der Waals surface area contributed by atoms with Crippen LogP contribution in [0.15, 0.2) is 35.0 Å². The highest BCUT2D eigenvalue weighted by Crippen LogP contribution is 2.12. The van der Waals surface area contributed by atoms with E-state index in [0.29, 0.717) is 0 Å². The molecule has 0 N–H and O–H groups in total. The SMILES string of the molecule is CN(C)CC[N-]/C(=N/[Si](C)(C)C)c1ccccc1. The third kappa shape index (κ3) is 5.98. The third-order valence-corrected chi connectivity index (χ3v) is 3.16. The second-order valence-corrected chi connectivity index (χ2v) is 10.2. The molecule has 0 amide bonds. The number of hydrogen-bond acceptors (Lipinski definition) is 2. The van der Waals surface area contributed by atoms with Crippen LogP contribution in [0.3, 0.4) is 0 Å². The topological polar surface area (TPSA) is 29.7 Å². The maximum Gasteiger partial charge on any atom is 0.0438 e. The summed E-state index contributed by atoms with van der Waals surface area (Å²) in [5.41, 5.74) is 1.12. The minimum atomic E-state index is -1.50. The summed E-state index contributed by atoms with van der Waals surface area (Å²) in [6.07, 6.45) is 0. The highest BCUT2D eigenvalue weighted by molar-refractivity contribution is 6.75. The maximum absolute atomic E-state index is 4.85. The Bertz CT molecular complexity index is 380. The van der Waals surface area contributed by atoms with Gasteiger partial charge in [-0.2, -0.15) is 0 Å². The van der Waals surface area contributed by atoms with E-state index in [-0.39, 0.29) is 0 Å². The van der Waals surface area contributed by atoms with Crippen molar-refractivity contribution in [2.45, 2.75) is 19.6 Å². The van der Waals surface area contributed by atoms with E-state index in [2.05, 4.69) is 56.1 Å². The molecule has 0 aliphatic rings. The molecule has 0 aromatic heterocycles. The summed E-state index contributed by atoms with van der Waals surface area (Å²) in [5.74, 6) is 0.914. The molecule has 1 aromatic carbocycles. The lowest BCUT2D eigenvalue weighted by molar-refractivity contribution is 0.428. The Morgan fingerprint density at radius 3 is 2.28 bits per heavy atom. The average molecular weight is 262 g/mol. The van der Waals surface area contributed by atoms with Crippen LogP contribution < -0.4 is 0 Å². The fraction of sp³-hybridized carbons (Fsp3) is 0.500. The van der Waals surface area contributed by atoms with Gasteiger partial charge in [0.2, 0.25) is 0 Å². The Kier molecular flexibility index (Phi) is 5.56. The third-order valence-electron chi connectivity index (χ3n) is 2.28. The predicted octanol–water partition coefficient (Wildman–Crippen LogP) is 3.20. The second-order valence-electron chi connectivity index (χ2n) is 5.66. The number of hydrogen-bond donors (Lipinski definition) is 0. The zero-order valence-electron chi connectivity index (χ0n) is 12.1. The molecule has 0 radical (unpaired) electrons. The van der Waals surface area contributed by atoms with Gasteiger partial charge in [0.1, 0.15) is 0 Å². The summed E-state index contributed by atoms with van der Waals surface area (Å²) in [6.45, 7) is 8.45. The Morgan fingerprint density at radius 2 is 1.78 bits per heavy atom. The van der Waals surface area contributed by atoms with Crippen LogP contribution in [0.2, 0.25) is 19.6 Å². The molecule has 0 aliphatic carbocycles. The van der Waals surface area contributed by atoms with Crippen molar-refractivity contribution >= 4 is 14.1 Å². The van der Waals surface area contributed by atoms with E-state index >= 15 is 0 Å². The quantitative estimate of drug-likeness (QED) is 0.455. The van der Waals surface area contributed by atoms with Gasteiger partial charge in [-0.1, -0.05) is 55.8 Å². The van der Waals surface area contributed by atoms with Gasteiger partial charge in [-0.15, -0.1) is 0 Å². The second kappa shape index (κ2) is 6.71. The van der Waals surface area contributed by atoms with Gasteiger partial charge in [0.25, 0.3) is 0 Å². The van der Waals surface area contributed by atoms with Gasteiger partial charge >= 0.3 is 0 Å². The Balaban J connectivity index is 2.80. The van der Waals surface area contributed by atoms with Gasteiger partial charge in [0.05, 0.1) is 0 Å². The lowest BCUT2D eigenvalue weighted by atomic mass is 10.2. The highest BCUT2D eigenvalue weighted by Gasteiger charge is 2.04. The monoisotopic (exact) mass is 262 g/mol. The van der Waals surface area contributed by atoms with Gasteiger partial charge < -0.3 is 14.9 Å². The lowest BCUT2D eigenvalue weighted by Crippen LogP contribution is -2.22. The first-order chi connectivity index (χ1) is 8.38. The molecule has 0 fully saturated rings. The van der Waals surface area contributed by atoms with E-state index in [4.69, 9.17) is 4.66 Å². The van der Waals surface area contributed by atoms with Gasteiger partial charge in [0.15, 0.2) is 0 Å². The van der Waals surface area contributed by atoms with Gasteiger partial charge in [-0.05, 0) is 32.7 Å². The van der Waals surface area contributed by atoms with E-state index in [9.17, 15) is 0 Å². The highest BCUT2D eigenvalue weighted by atomic mass is 28.3. The van der Waals surface area contributed by atoms with Crippen molar-refractivity contribution in [3.8, 4) is 0 Å². The first kappa shape index (κ1) is 14.9. The van der Waals surface area contributed by atoms with Crippen LogP contribution in [0, 0.1) is 0 Å². The molecule has 0 aliphatic heterocycles. The molecule has 0 unspecified atom stereocenters. The van der Waals surface area contributed by atoms with Gasteiger partial charge in [-0.25, -0.2) is 0 Å². The first-order valence-electron chi connectivity index (χ1n) is 6.36. The van der Waals surface area contributed by atoms with Crippen molar-refractivity contribution in [2.75, 3.05) is 27.2 Å². The molecule has 0 saturated heterocycles. The smallest absolute Gasteiger partial charge is 0.0438 e. The van der Waals surface area contributed by atoms with Crippen molar-refractivity contribution in [3.05, 3.63) is 41.2 Å². The van der Waals surface area contributed by atoms with Gasteiger partial charge in [0, 0.05) is 8.24 Å². The van der Waals surface area contributed by atoms with Crippen molar-refractivity contribution in [3.63, 3.8) is 0 Å². The van der Waals surface area contributed by atoms with E-state index in [1.165, 1.54) is 0 Å².